The van der Waals surface area contributed by atoms with Crippen LogP contribution < -0.4 is 15.4 Å². The van der Waals surface area contributed by atoms with Gasteiger partial charge >= 0.3 is 0 Å². The largest absolute Gasteiger partial charge is 0.477 e. The molecule has 0 spiro atoms. The van der Waals surface area contributed by atoms with Gasteiger partial charge < -0.3 is 15.4 Å². The minimum absolute atomic E-state index is 0.283. The summed E-state index contributed by atoms with van der Waals surface area (Å²) in [7, 11) is 0. The van der Waals surface area contributed by atoms with Gasteiger partial charge in [0.2, 0.25) is 0 Å². The molecule has 2 heterocycles. The van der Waals surface area contributed by atoms with Crippen molar-refractivity contribution in [2.75, 3.05) is 17.2 Å². The molecule has 6 nitrogen and oxygen atoms in total. The van der Waals surface area contributed by atoms with Crippen LogP contribution in [0.15, 0.2) is 39.7 Å². The van der Waals surface area contributed by atoms with Crippen molar-refractivity contribution in [3.8, 4) is 5.75 Å². The molecule has 2 N–H and O–H groups in total. The molecule has 0 bridgehead atoms. The lowest BCUT2D eigenvalue weighted by molar-refractivity contribution is -0.122. The van der Waals surface area contributed by atoms with E-state index in [4.69, 9.17) is 4.74 Å². The molecule has 0 saturated heterocycles. The Morgan fingerprint density at radius 3 is 3.00 bits per heavy atom. The topological polar surface area (TPSA) is 76.1 Å². The number of para-hydroxylation sites is 2. The molecule has 0 fully saturated rings. The fourth-order valence-corrected chi connectivity index (χ4v) is 2.80. The van der Waals surface area contributed by atoms with E-state index in [-0.39, 0.29) is 5.91 Å². The number of carbonyl (C=O) groups is 1. The van der Waals surface area contributed by atoms with Crippen LogP contribution in [0, 0.1) is 0 Å². The number of nitrogens with one attached hydrogen (secondary N) is 2. The summed E-state index contributed by atoms with van der Waals surface area (Å²) in [6.07, 6.45) is 0.882. The highest BCUT2D eigenvalue weighted by atomic mass is 79.9. The molecule has 1 unspecified atom stereocenters. The number of aromatic nitrogens is 2. The number of benzene rings is 1. The number of amides is 1. The van der Waals surface area contributed by atoms with E-state index in [9.17, 15) is 4.79 Å². The molecule has 3 rings (SSSR count). The molecule has 0 radical (unpaired) electrons. The molecule has 1 aliphatic heterocycles. The molecule has 0 aliphatic carbocycles. The molecule has 8 heteroatoms. The lowest BCUT2D eigenvalue weighted by atomic mass is 10.2. The third kappa shape index (κ3) is 3.16. The third-order valence-electron chi connectivity index (χ3n) is 2.87. The first-order chi connectivity index (χ1) is 10.1. The van der Waals surface area contributed by atoms with Crippen LogP contribution in [0.2, 0.25) is 0 Å². The lowest BCUT2D eigenvalue weighted by Crippen LogP contribution is -2.41. The third-order valence-corrected chi connectivity index (χ3v) is 3.80. The first-order valence-corrected chi connectivity index (χ1v) is 7.70. The van der Waals surface area contributed by atoms with E-state index >= 15 is 0 Å². The van der Waals surface area contributed by atoms with E-state index < -0.39 is 6.10 Å². The second kappa shape index (κ2) is 5.98. The fourth-order valence-electron chi connectivity index (χ4n) is 1.89. The summed E-state index contributed by atoms with van der Waals surface area (Å²) < 4.78 is 6.72. The zero-order chi connectivity index (χ0) is 14.8. The summed E-state index contributed by atoms with van der Waals surface area (Å²) >= 11 is 6.46. The maximum absolute atomic E-state index is 12.2. The summed E-state index contributed by atoms with van der Waals surface area (Å²) in [6.45, 7) is 0.393. The summed E-state index contributed by atoms with van der Waals surface area (Å²) in [5.74, 6) is 0.727. The molecule has 2 aromatic rings. The Balaban J connectivity index is 1.72. The van der Waals surface area contributed by atoms with Crippen molar-refractivity contribution < 1.29 is 9.53 Å². The second-order valence-corrected chi connectivity index (χ2v) is 5.87. The molecule has 21 heavy (non-hydrogen) atoms. The highest BCUT2D eigenvalue weighted by molar-refractivity contribution is 9.11. The molecule has 1 aromatic heterocycles. The van der Waals surface area contributed by atoms with Gasteiger partial charge in [0.25, 0.3) is 5.91 Å². The van der Waals surface area contributed by atoms with Gasteiger partial charge in [0.1, 0.15) is 15.0 Å². The number of ether oxygens (including phenoxy) is 1. The number of carbonyl (C=O) groups excluding carboxylic acids is 1. The average Bonchev–Trinajstić information content (AvgIpc) is 2.49. The number of hydrogen-bond donors (Lipinski definition) is 2. The predicted octanol–water partition coefficient (Wildman–Crippen LogP) is 2.81. The Morgan fingerprint density at radius 1 is 1.38 bits per heavy atom. The van der Waals surface area contributed by atoms with Crippen LogP contribution in [0.3, 0.4) is 0 Å². The van der Waals surface area contributed by atoms with Crippen LogP contribution in [0.4, 0.5) is 11.5 Å². The maximum Gasteiger partial charge on any atom is 0.268 e. The first kappa shape index (κ1) is 14.3. The standard InChI is InChI=1S/C13H10Br2N4O2/c14-10-6-17-12(11(15)18-10)19-13(20)9-5-16-7-3-1-2-4-8(7)21-9/h1-4,6,9,16H,5H2,(H,17,19,20). The quantitative estimate of drug-likeness (QED) is 0.791. The summed E-state index contributed by atoms with van der Waals surface area (Å²) in [5, 5.41) is 5.85. The van der Waals surface area contributed by atoms with Crippen molar-refractivity contribution in [3.63, 3.8) is 0 Å². The van der Waals surface area contributed by atoms with Crippen molar-refractivity contribution in [2.24, 2.45) is 0 Å². The summed E-state index contributed by atoms with van der Waals surface area (Å²) in [4.78, 5) is 20.4. The number of rotatable bonds is 2. The zero-order valence-corrected chi connectivity index (χ0v) is 13.8. The van der Waals surface area contributed by atoms with Crippen molar-refractivity contribution in [1.82, 2.24) is 9.97 Å². The number of nitrogens with zero attached hydrogens (tertiary/aromatic N) is 2. The fraction of sp³-hybridized carbons (Fsp3) is 0.154. The van der Waals surface area contributed by atoms with Crippen molar-refractivity contribution >= 4 is 49.3 Å². The number of hydrogen-bond acceptors (Lipinski definition) is 5. The van der Waals surface area contributed by atoms with Crippen LogP contribution in [-0.4, -0.2) is 28.5 Å². The van der Waals surface area contributed by atoms with E-state index in [1.165, 1.54) is 6.20 Å². The van der Waals surface area contributed by atoms with Gasteiger partial charge in [0.15, 0.2) is 11.9 Å². The number of fused-ring (bicyclic) bond motifs is 1. The first-order valence-electron chi connectivity index (χ1n) is 6.12. The Morgan fingerprint density at radius 2 is 2.19 bits per heavy atom. The Kier molecular flexibility index (Phi) is 4.07. The Hall–Kier alpha value is -1.67. The van der Waals surface area contributed by atoms with Gasteiger partial charge in [-0.25, -0.2) is 9.97 Å². The molecule has 1 aromatic carbocycles. The summed E-state index contributed by atoms with van der Waals surface area (Å²) in [6, 6.07) is 7.49. The van der Waals surface area contributed by atoms with Gasteiger partial charge in [-0.05, 0) is 44.0 Å². The molecule has 0 saturated carbocycles. The van der Waals surface area contributed by atoms with Crippen LogP contribution in [-0.2, 0) is 4.79 Å². The minimum Gasteiger partial charge on any atom is -0.477 e. The molecule has 1 amide bonds. The maximum atomic E-state index is 12.2. The van der Waals surface area contributed by atoms with Gasteiger partial charge in [0, 0.05) is 0 Å². The SMILES string of the molecule is O=C(Nc1ncc(Br)nc1Br)C1CNc2ccccc2O1. The second-order valence-electron chi connectivity index (χ2n) is 4.30. The molecular formula is C13H10Br2N4O2. The van der Waals surface area contributed by atoms with Crippen molar-refractivity contribution in [2.45, 2.75) is 6.10 Å². The normalized spacial score (nSPS) is 16.4. The highest BCUT2D eigenvalue weighted by Crippen LogP contribution is 2.28. The predicted molar refractivity (Wildman–Crippen MR) is 85.4 cm³/mol. The lowest BCUT2D eigenvalue weighted by Gasteiger charge is -2.26. The van der Waals surface area contributed by atoms with E-state index in [1.807, 2.05) is 24.3 Å². The van der Waals surface area contributed by atoms with E-state index in [1.54, 1.807) is 0 Å². The number of anilines is 2. The molecule has 1 atom stereocenters. The van der Waals surface area contributed by atoms with Gasteiger partial charge in [-0.3, -0.25) is 4.79 Å². The van der Waals surface area contributed by atoms with Crippen LogP contribution >= 0.6 is 31.9 Å². The smallest absolute Gasteiger partial charge is 0.268 e. The Labute approximate surface area is 137 Å². The average molecular weight is 414 g/mol. The zero-order valence-electron chi connectivity index (χ0n) is 10.6. The molecule has 1 aliphatic rings. The van der Waals surface area contributed by atoms with Gasteiger partial charge in [-0.2, -0.15) is 0 Å². The highest BCUT2D eigenvalue weighted by Gasteiger charge is 2.26. The minimum atomic E-state index is -0.628. The number of halogens is 2. The van der Waals surface area contributed by atoms with E-state index in [2.05, 4.69) is 52.5 Å². The van der Waals surface area contributed by atoms with Crippen LogP contribution in [0.25, 0.3) is 0 Å². The van der Waals surface area contributed by atoms with E-state index in [0.29, 0.717) is 27.3 Å². The van der Waals surface area contributed by atoms with Crippen molar-refractivity contribution in [1.29, 1.82) is 0 Å². The molecule has 108 valence electrons. The Bertz CT molecular complexity index is 696. The van der Waals surface area contributed by atoms with Gasteiger partial charge in [-0.1, -0.05) is 12.1 Å². The van der Waals surface area contributed by atoms with Crippen molar-refractivity contribution in [3.05, 3.63) is 39.7 Å². The van der Waals surface area contributed by atoms with Gasteiger partial charge in [-0.15, -0.1) is 0 Å². The van der Waals surface area contributed by atoms with Crippen LogP contribution in [0.5, 0.6) is 5.75 Å². The summed E-state index contributed by atoms with van der Waals surface area (Å²) in [5.41, 5.74) is 0.881. The monoisotopic (exact) mass is 412 g/mol. The molecular weight excluding hydrogens is 404 g/mol. The van der Waals surface area contributed by atoms with E-state index in [0.717, 1.165) is 5.69 Å². The van der Waals surface area contributed by atoms with Crippen LogP contribution in [0.1, 0.15) is 0 Å². The van der Waals surface area contributed by atoms with Gasteiger partial charge in [0.05, 0.1) is 18.4 Å².